The molecule has 2 aliphatic rings. The highest BCUT2D eigenvalue weighted by Gasteiger charge is 2.42. The van der Waals surface area contributed by atoms with Crippen LogP contribution in [0.2, 0.25) is 0 Å². The second kappa shape index (κ2) is 11.2. The molecular formula is C54H45NO. The third kappa shape index (κ3) is 4.56. The predicted molar refractivity (Wildman–Crippen MR) is 237 cm³/mol. The topological polar surface area (TPSA) is 16.4 Å². The first-order valence-electron chi connectivity index (χ1n) is 20.0. The zero-order valence-corrected chi connectivity index (χ0v) is 33.2. The lowest BCUT2D eigenvalue weighted by atomic mass is 9.79. The van der Waals surface area contributed by atoms with Gasteiger partial charge in [0.15, 0.2) is 5.58 Å². The number of anilines is 3. The molecule has 56 heavy (non-hydrogen) atoms. The van der Waals surface area contributed by atoms with Crippen LogP contribution in [0.3, 0.4) is 0 Å². The van der Waals surface area contributed by atoms with Crippen molar-refractivity contribution in [2.45, 2.75) is 64.7 Å². The Morgan fingerprint density at radius 1 is 0.429 bits per heavy atom. The van der Waals surface area contributed by atoms with Crippen LogP contribution < -0.4 is 4.90 Å². The van der Waals surface area contributed by atoms with E-state index in [1.807, 2.05) is 0 Å². The number of hydrogen-bond acceptors (Lipinski definition) is 2. The standard InChI is InChI=1S/C54H45NO/c1-52(2,3)44-21-13-19-38-39-20-14-22-49(51(39)56-50(38)44)55(36-17-9-8-10-18-36)37-24-23-34-27-41-43-31-47-42(30-48(43)54(6,7)46(41)29-35(34)25-37)40-26-32-15-11-12-16-33(32)28-45(40)53(47,4)5/h8-31H,1-7H3. The van der Waals surface area contributed by atoms with E-state index >= 15 is 0 Å². The van der Waals surface area contributed by atoms with Crippen molar-refractivity contribution in [3.8, 4) is 22.3 Å². The van der Waals surface area contributed by atoms with Crippen molar-refractivity contribution in [2.24, 2.45) is 0 Å². The maximum Gasteiger partial charge on any atom is 0.159 e. The van der Waals surface area contributed by atoms with Crippen molar-refractivity contribution >= 4 is 60.5 Å². The first-order valence-corrected chi connectivity index (χ1v) is 20.0. The van der Waals surface area contributed by atoms with Crippen molar-refractivity contribution in [1.82, 2.24) is 0 Å². The summed E-state index contributed by atoms with van der Waals surface area (Å²) >= 11 is 0. The molecule has 0 atom stereocenters. The minimum atomic E-state index is -0.155. The quantitative estimate of drug-likeness (QED) is 0.180. The molecule has 0 radical (unpaired) electrons. The molecule has 9 aromatic rings. The van der Waals surface area contributed by atoms with E-state index in [-0.39, 0.29) is 16.2 Å². The SMILES string of the molecule is CC(C)(C)c1cccc2c1oc1c(N(c3ccccc3)c3ccc4cc5c(cc4c3)C(C)(C)c3cc4c(cc3-5)C(C)(C)c3cc5ccccc5cc3-4)cccc12. The van der Waals surface area contributed by atoms with E-state index in [2.05, 4.69) is 199 Å². The molecule has 2 heteroatoms. The fraction of sp³-hybridized carbons (Fsp3) is 0.185. The third-order valence-corrected chi connectivity index (χ3v) is 13.1. The summed E-state index contributed by atoms with van der Waals surface area (Å²) in [7, 11) is 0. The van der Waals surface area contributed by atoms with E-state index in [1.165, 1.54) is 71.6 Å². The average molecular weight is 724 g/mol. The minimum Gasteiger partial charge on any atom is -0.454 e. The molecular weight excluding hydrogens is 679 g/mol. The smallest absolute Gasteiger partial charge is 0.159 e. The van der Waals surface area contributed by atoms with Gasteiger partial charge in [0.2, 0.25) is 0 Å². The molecule has 2 aliphatic carbocycles. The van der Waals surface area contributed by atoms with Crippen molar-refractivity contribution in [3.05, 3.63) is 173 Å². The Morgan fingerprint density at radius 3 is 1.59 bits per heavy atom. The fourth-order valence-corrected chi connectivity index (χ4v) is 10.1. The summed E-state index contributed by atoms with van der Waals surface area (Å²) in [5.41, 5.74) is 17.2. The normalized spacial score (nSPS) is 15.0. The lowest BCUT2D eigenvalue weighted by Gasteiger charge is -2.26. The summed E-state index contributed by atoms with van der Waals surface area (Å²) in [5.74, 6) is 0. The summed E-state index contributed by atoms with van der Waals surface area (Å²) in [5, 5.41) is 7.38. The molecule has 0 fully saturated rings. The Balaban J connectivity index is 1.07. The van der Waals surface area contributed by atoms with E-state index in [1.54, 1.807) is 0 Å². The molecule has 0 bridgehead atoms. The highest BCUT2D eigenvalue weighted by atomic mass is 16.3. The molecule has 0 spiro atoms. The van der Waals surface area contributed by atoms with Crippen molar-refractivity contribution in [1.29, 1.82) is 0 Å². The van der Waals surface area contributed by atoms with E-state index in [0.29, 0.717) is 0 Å². The monoisotopic (exact) mass is 723 g/mol. The van der Waals surface area contributed by atoms with Crippen molar-refractivity contribution < 1.29 is 4.42 Å². The van der Waals surface area contributed by atoms with Crippen LogP contribution in [0.15, 0.2) is 150 Å². The van der Waals surface area contributed by atoms with E-state index in [0.717, 1.165) is 39.0 Å². The number of para-hydroxylation sites is 3. The molecule has 0 aliphatic heterocycles. The molecule has 0 N–H and O–H groups in total. The van der Waals surface area contributed by atoms with Gasteiger partial charge in [-0.3, -0.25) is 0 Å². The van der Waals surface area contributed by atoms with Gasteiger partial charge in [-0.1, -0.05) is 127 Å². The van der Waals surface area contributed by atoms with Gasteiger partial charge in [-0.25, -0.2) is 0 Å². The number of hydrogen-bond donors (Lipinski definition) is 0. The Labute approximate surface area is 329 Å². The Hall–Kier alpha value is -6.12. The van der Waals surface area contributed by atoms with Gasteiger partial charge in [0, 0.05) is 38.5 Å². The van der Waals surface area contributed by atoms with E-state index < -0.39 is 0 Å². The largest absolute Gasteiger partial charge is 0.454 e. The third-order valence-electron chi connectivity index (χ3n) is 13.1. The molecule has 0 saturated heterocycles. The maximum atomic E-state index is 6.93. The molecule has 272 valence electrons. The Morgan fingerprint density at radius 2 is 0.946 bits per heavy atom. The van der Waals surface area contributed by atoms with Crippen LogP contribution in [-0.2, 0) is 16.2 Å². The summed E-state index contributed by atoms with van der Waals surface area (Å²) in [6.07, 6.45) is 0. The Bertz CT molecular complexity index is 3120. The summed E-state index contributed by atoms with van der Waals surface area (Å²) in [4.78, 5) is 2.36. The lowest BCUT2D eigenvalue weighted by Crippen LogP contribution is -2.17. The van der Waals surface area contributed by atoms with Crippen molar-refractivity contribution in [2.75, 3.05) is 4.90 Å². The van der Waals surface area contributed by atoms with Crippen LogP contribution >= 0.6 is 0 Å². The average Bonchev–Trinajstić information content (AvgIpc) is 3.75. The van der Waals surface area contributed by atoms with Gasteiger partial charge in [0.25, 0.3) is 0 Å². The second-order valence-corrected chi connectivity index (χ2v) is 18.2. The molecule has 1 aromatic heterocycles. The highest BCUT2D eigenvalue weighted by molar-refractivity contribution is 6.11. The van der Waals surface area contributed by atoms with Gasteiger partial charge in [-0.2, -0.15) is 0 Å². The van der Waals surface area contributed by atoms with Crippen LogP contribution in [-0.4, -0.2) is 0 Å². The molecule has 0 unspecified atom stereocenters. The summed E-state index contributed by atoms with van der Waals surface area (Å²) in [6.45, 7) is 16.4. The van der Waals surface area contributed by atoms with Gasteiger partial charge in [0.1, 0.15) is 5.58 Å². The van der Waals surface area contributed by atoms with E-state index in [9.17, 15) is 0 Å². The van der Waals surface area contributed by atoms with Crippen LogP contribution in [0, 0.1) is 0 Å². The van der Waals surface area contributed by atoms with Crippen LogP contribution in [0.5, 0.6) is 0 Å². The summed E-state index contributed by atoms with van der Waals surface area (Å²) < 4.78 is 6.93. The number of furan rings is 1. The lowest BCUT2D eigenvalue weighted by molar-refractivity contribution is 0.573. The molecule has 8 aromatic carbocycles. The van der Waals surface area contributed by atoms with Crippen LogP contribution in [0.25, 0.3) is 65.7 Å². The number of rotatable bonds is 3. The zero-order valence-electron chi connectivity index (χ0n) is 33.2. The fourth-order valence-electron chi connectivity index (χ4n) is 10.1. The van der Waals surface area contributed by atoms with Crippen molar-refractivity contribution in [3.63, 3.8) is 0 Å². The van der Waals surface area contributed by atoms with Crippen LogP contribution in [0.4, 0.5) is 17.1 Å². The molecule has 2 nitrogen and oxygen atoms in total. The zero-order chi connectivity index (χ0) is 38.3. The first kappa shape index (κ1) is 33.2. The maximum absolute atomic E-state index is 6.93. The minimum absolute atomic E-state index is 0.0472. The van der Waals surface area contributed by atoms with Gasteiger partial charge in [-0.15, -0.1) is 0 Å². The molecule has 0 amide bonds. The van der Waals surface area contributed by atoms with E-state index in [4.69, 9.17) is 4.42 Å². The summed E-state index contributed by atoms with van der Waals surface area (Å²) in [6, 6.07) is 54.4. The van der Waals surface area contributed by atoms with Crippen LogP contribution in [0.1, 0.15) is 76.3 Å². The number of fused-ring (bicyclic) bond motifs is 11. The first-order chi connectivity index (χ1) is 26.9. The molecule has 1 heterocycles. The predicted octanol–water partition coefficient (Wildman–Crippen LogP) is 15.3. The highest BCUT2D eigenvalue weighted by Crippen LogP contribution is 2.57. The molecule has 11 rings (SSSR count). The van der Waals surface area contributed by atoms with Gasteiger partial charge in [-0.05, 0) is 138 Å². The van der Waals surface area contributed by atoms with Gasteiger partial charge < -0.3 is 9.32 Å². The second-order valence-electron chi connectivity index (χ2n) is 18.2. The Kier molecular flexibility index (Phi) is 6.67. The number of nitrogens with zero attached hydrogens (tertiary/aromatic N) is 1. The van der Waals surface area contributed by atoms with Gasteiger partial charge >= 0.3 is 0 Å². The molecule has 0 saturated carbocycles. The number of benzene rings is 8. The van der Waals surface area contributed by atoms with Gasteiger partial charge in [0.05, 0.1) is 5.69 Å².